The van der Waals surface area contributed by atoms with Crippen LogP contribution in [0.3, 0.4) is 0 Å². The Morgan fingerprint density at radius 2 is 1.65 bits per heavy atom. The molecule has 1 amide bonds. The van der Waals surface area contributed by atoms with E-state index in [4.69, 9.17) is 4.42 Å². The number of carbonyl (C=O) groups excluding carboxylic acids is 2. The largest absolute Gasteiger partial charge is 0.507 e. The summed E-state index contributed by atoms with van der Waals surface area (Å²) in [5, 5.41) is 10.9. The molecule has 4 rings (SSSR count). The fraction of sp³-hybridized carbons (Fsp3) is 0.200. The summed E-state index contributed by atoms with van der Waals surface area (Å²) >= 11 is 0. The molecule has 1 atom stereocenters. The molecule has 0 saturated carbocycles. The third-order valence-corrected chi connectivity index (χ3v) is 5.39. The molecule has 1 aromatic heterocycles. The summed E-state index contributed by atoms with van der Waals surface area (Å²) in [5.41, 5.74) is 1.64. The zero-order chi connectivity index (χ0) is 22.3. The number of carbonyl (C=O) groups is 2. The van der Waals surface area contributed by atoms with Crippen molar-refractivity contribution in [2.45, 2.75) is 32.2 Å². The second kappa shape index (κ2) is 7.54. The molecule has 3 aromatic rings. The van der Waals surface area contributed by atoms with Gasteiger partial charge in [0, 0.05) is 11.3 Å². The Balaban J connectivity index is 1.86. The zero-order valence-corrected chi connectivity index (χ0v) is 17.4. The Morgan fingerprint density at radius 1 is 1.00 bits per heavy atom. The molecule has 5 nitrogen and oxygen atoms in total. The fourth-order valence-corrected chi connectivity index (χ4v) is 3.70. The maximum absolute atomic E-state index is 13.3. The molecule has 0 aliphatic carbocycles. The van der Waals surface area contributed by atoms with Gasteiger partial charge in [-0.15, -0.1) is 0 Å². The van der Waals surface area contributed by atoms with E-state index >= 15 is 0 Å². The second-order valence-electron chi connectivity index (χ2n) is 8.49. The number of hydrogen-bond donors (Lipinski definition) is 1. The van der Waals surface area contributed by atoms with Crippen molar-refractivity contribution in [1.29, 1.82) is 0 Å². The lowest BCUT2D eigenvalue weighted by molar-refractivity contribution is -0.132. The summed E-state index contributed by atoms with van der Waals surface area (Å²) in [4.78, 5) is 27.3. The molecule has 1 N–H and O–H groups in total. The molecule has 1 fully saturated rings. The van der Waals surface area contributed by atoms with Crippen LogP contribution in [0, 0.1) is 5.82 Å². The first kappa shape index (κ1) is 20.6. The lowest BCUT2D eigenvalue weighted by Crippen LogP contribution is -2.29. The number of benzene rings is 2. The van der Waals surface area contributed by atoms with Gasteiger partial charge in [0.05, 0.1) is 11.8 Å². The number of halogens is 1. The minimum absolute atomic E-state index is 0.0737. The highest BCUT2D eigenvalue weighted by molar-refractivity contribution is 6.51. The van der Waals surface area contributed by atoms with Gasteiger partial charge in [-0.2, -0.15) is 0 Å². The number of amides is 1. The van der Waals surface area contributed by atoms with Gasteiger partial charge in [-0.3, -0.25) is 14.5 Å². The topological polar surface area (TPSA) is 70.8 Å². The monoisotopic (exact) mass is 419 g/mol. The van der Waals surface area contributed by atoms with Crippen LogP contribution in [0.5, 0.6) is 0 Å². The highest BCUT2D eigenvalue weighted by Crippen LogP contribution is 2.42. The van der Waals surface area contributed by atoms with Crippen molar-refractivity contribution < 1.29 is 23.5 Å². The van der Waals surface area contributed by atoms with E-state index < -0.39 is 23.5 Å². The molecular formula is C25H22FNO4. The van der Waals surface area contributed by atoms with Gasteiger partial charge in [0.1, 0.15) is 23.4 Å². The average Bonchev–Trinajstić information content (AvgIpc) is 3.35. The van der Waals surface area contributed by atoms with Gasteiger partial charge in [-0.05, 0) is 59.5 Å². The van der Waals surface area contributed by atoms with Crippen LogP contribution in [-0.4, -0.2) is 16.8 Å². The summed E-state index contributed by atoms with van der Waals surface area (Å²) in [6, 6.07) is 14.8. The number of aliphatic hydroxyl groups is 1. The smallest absolute Gasteiger partial charge is 0.300 e. The van der Waals surface area contributed by atoms with Gasteiger partial charge in [0.15, 0.2) is 0 Å². The van der Waals surface area contributed by atoms with Gasteiger partial charge in [0.2, 0.25) is 0 Å². The van der Waals surface area contributed by atoms with Gasteiger partial charge >= 0.3 is 0 Å². The molecular weight excluding hydrogens is 397 g/mol. The van der Waals surface area contributed by atoms with Crippen molar-refractivity contribution in [3.8, 4) is 0 Å². The number of nitrogens with zero attached hydrogens (tertiary/aromatic N) is 1. The van der Waals surface area contributed by atoms with E-state index in [1.165, 1.54) is 35.4 Å². The van der Waals surface area contributed by atoms with E-state index in [0.29, 0.717) is 11.4 Å². The van der Waals surface area contributed by atoms with Crippen molar-refractivity contribution in [2.75, 3.05) is 4.90 Å². The number of ketones is 1. The zero-order valence-electron chi connectivity index (χ0n) is 17.4. The number of Topliss-reactive ketones (excluding diaryl/α,β-unsaturated/α-hetero) is 1. The van der Waals surface area contributed by atoms with Crippen LogP contribution < -0.4 is 4.90 Å². The SMILES string of the molecule is CC(C)(C)c1ccc(N2C(=O)C(=O)/C(=C(\O)c3ccc(F)cc3)C2c2ccco2)cc1. The standard InChI is InChI=1S/C25H22FNO4/c1-25(2,3)16-8-12-18(13-9-16)27-21(19-5-4-14-31-19)20(23(29)24(27)30)22(28)15-6-10-17(26)11-7-15/h4-14,21,28H,1-3H3/b22-20-. The summed E-state index contributed by atoms with van der Waals surface area (Å²) in [6.07, 6.45) is 1.44. The maximum Gasteiger partial charge on any atom is 0.300 e. The summed E-state index contributed by atoms with van der Waals surface area (Å²) in [6.45, 7) is 6.25. The molecule has 0 radical (unpaired) electrons. The molecule has 1 aliphatic heterocycles. The predicted molar refractivity (Wildman–Crippen MR) is 115 cm³/mol. The minimum atomic E-state index is -0.944. The molecule has 2 heterocycles. The van der Waals surface area contributed by atoms with E-state index in [1.807, 2.05) is 12.1 Å². The van der Waals surface area contributed by atoms with Gasteiger partial charge in [-0.25, -0.2) is 4.39 Å². The van der Waals surface area contributed by atoms with Crippen molar-refractivity contribution in [3.63, 3.8) is 0 Å². The third-order valence-electron chi connectivity index (χ3n) is 5.39. The van der Waals surface area contributed by atoms with Gasteiger partial charge < -0.3 is 9.52 Å². The van der Waals surface area contributed by atoms with E-state index in [0.717, 1.165) is 5.56 Å². The second-order valence-corrected chi connectivity index (χ2v) is 8.49. The molecule has 31 heavy (non-hydrogen) atoms. The number of furan rings is 1. The predicted octanol–water partition coefficient (Wildman–Crippen LogP) is 5.34. The molecule has 158 valence electrons. The van der Waals surface area contributed by atoms with Crippen molar-refractivity contribution in [2.24, 2.45) is 0 Å². The summed E-state index contributed by atoms with van der Waals surface area (Å²) in [7, 11) is 0. The molecule has 6 heteroatoms. The van der Waals surface area contributed by atoms with Crippen LogP contribution in [-0.2, 0) is 15.0 Å². The third kappa shape index (κ3) is 3.65. The van der Waals surface area contributed by atoms with Crippen molar-refractivity contribution in [3.05, 3.63) is 95.2 Å². The van der Waals surface area contributed by atoms with Crippen LogP contribution in [0.1, 0.15) is 43.7 Å². The fourth-order valence-electron chi connectivity index (χ4n) is 3.70. The van der Waals surface area contributed by atoms with E-state index in [-0.39, 0.29) is 22.3 Å². The lowest BCUT2D eigenvalue weighted by Gasteiger charge is -2.25. The van der Waals surface area contributed by atoms with Gasteiger partial charge in [0.25, 0.3) is 11.7 Å². The summed E-state index contributed by atoms with van der Waals surface area (Å²) < 4.78 is 18.9. The summed E-state index contributed by atoms with van der Waals surface area (Å²) in [5.74, 6) is -2.12. The first-order valence-corrected chi connectivity index (χ1v) is 9.89. The molecule has 2 aromatic carbocycles. The molecule has 1 aliphatic rings. The number of hydrogen-bond acceptors (Lipinski definition) is 4. The Bertz CT molecular complexity index is 1150. The minimum Gasteiger partial charge on any atom is -0.507 e. The van der Waals surface area contributed by atoms with Crippen LogP contribution in [0.4, 0.5) is 10.1 Å². The van der Waals surface area contributed by atoms with Crippen molar-refractivity contribution >= 4 is 23.1 Å². The van der Waals surface area contributed by atoms with Crippen LogP contribution in [0.25, 0.3) is 5.76 Å². The van der Waals surface area contributed by atoms with Crippen LogP contribution in [0.2, 0.25) is 0 Å². The maximum atomic E-state index is 13.3. The number of rotatable bonds is 3. The van der Waals surface area contributed by atoms with Crippen LogP contribution in [0.15, 0.2) is 76.9 Å². The van der Waals surface area contributed by atoms with Crippen LogP contribution >= 0.6 is 0 Å². The molecule has 0 bridgehead atoms. The Hall–Kier alpha value is -3.67. The van der Waals surface area contributed by atoms with Gasteiger partial charge in [-0.1, -0.05) is 32.9 Å². The molecule has 1 unspecified atom stereocenters. The highest BCUT2D eigenvalue weighted by Gasteiger charge is 2.48. The Kier molecular flexibility index (Phi) is 5.01. The average molecular weight is 419 g/mol. The Morgan fingerprint density at radius 3 is 2.19 bits per heavy atom. The van der Waals surface area contributed by atoms with E-state index in [9.17, 15) is 19.1 Å². The highest BCUT2D eigenvalue weighted by atomic mass is 19.1. The van der Waals surface area contributed by atoms with E-state index in [2.05, 4.69) is 20.8 Å². The normalized spacial score (nSPS) is 18.6. The molecule has 0 spiro atoms. The Labute approximate surface area is 179 Å². The number of anilines is 1. The quantitative estimate of drug-likeness (QED) is 0.353. The van der Waals surface area contributed by atoms with Crippen molar-refractivity contribution in [1.82, 2.24) is 0 Å². The first-order chi connectivity index (χ1) is 14.7. The lowest BCUT2D eigenvalue weighted by atomic mass is 9.87. The first-order valence-electron chi connectivity index (χ1n) is 9.89. The van der Waals surface area contributed by atoms with E-state index in [1.54, 1.807) is 24.3 Å². The number of aliphatic hydroxyl groups excluding tert-OH is 1. The molecule has 1 saturated heterocycles.